The zero-order valence-electron chi connectivity index (χ0n) is 16.2. The molecule has 150 valence electrons. The third kappa shape index (κ3) is 3.83. The second-order valence-corrected chi connectivity index (χ2v) is 8.03. The van der Waals surface area contributed by atoms with Gasteiger partial charge < -0.3 is 9.30 Å². The predicted octanol–water partition coefficient (Wildman–Crippen LogP) is 4.40. The van der Waals surface area contributed by atoms with Gasteiger partial charge in [-0.15, -0.1) is 6.58 Å². The van der Waals surface area contributed by atoms with Gasteiger partial charge in [0.1, 0.15) is 10.1 Å². The Balaban J connectivity index is 2.05. The number of amides is 1. The second-order valence-electron chi connectivity index (χ2n) is 6.36. The van der Waals surface area contributed by atoms with Crippen LogP contribution in [-0.4, -0.2) is 38.3 Å². The van der Waals surface area contributed by atoms with E-state index in [1.807, 2.05) is 30.6 Å². The lowest BCUT2D eigenvalue weighted by Crippen LogP contribution is -2.27. The summed E-state index contributed by atoms with van der Waals surface area (Å²) in [6.07, 6.45) is 3.46. The highest BCUT2D eigenvalue weighted by Crippen LogP contribution is 2.35. The van der Waals surface area contributed by atoms with Crippen LogP contribution >= 0.6 is 24.0 Å². The largest absolute Gasteiger partial charge is 0.494 e. The Hall–Kier alpha value is -2.91. The maximum absolute atomic E-state index is 12.6. The van der Waals surface area contributed by atoms with Gasteiger partial charge in [0.05, 0.1) is 28.7 Å². The van der Waals surface area contributed by atoms with Crippen molar-refractivity contribution in [3.63, 3.8) is 0 Å². The molecule has 1 fully saturated rings. The van der Waals surface area contributed by atoms with Crippen molar-refractivity contribution in [2.45, 2.75) is 13.8 Å². The summed E-state index contributed by atoms with van der Waals surface area (Å²) in [4.78, 5) is 25.3. The summed E-state index contributed by atoms with van der Waals surface area (Å²) in [7, 11) is 1.47. The molecule has 1 aliphatic rings. The number of aromatic nitrogens is 1. The van der Waals surface area contributed by atoms with E-state index in [0.717, 1.165) is 17.0 Å². The van der Waals surface area contributed by atoms with Gasteiger partial charge in [0.2, 0.25) is 0 Å². The third-order valence-corrected chi connectivity index (χ3v) is 5.93. The second kappa shape index (κ2) is 8.22. The summed E-state index contributed by atoms with van der Waals surface area (Å²) in [5.74, 6) is 0.252. The number of nitro groups is 1. The van der Waals surface area contributed by atoms with E-state index >= 15 is 0 Å². The van der Waals surface area contributed by atoms with Crippen LogP contribution in [0.25, 0.3) is 11.8 Å². The molecule has 0 spiro atoms. The lowest BCUT2D eigenvalue weighted by atomic mass is 10.2. The highest BCUT2D eigenvalue weighted by atomic mass is 32.2. The van der Waals surface area contributed by atoms with Crippen LogP contribution in [0, 0.1) is 24.0 Å². The number of aryl methyl sites for hydroxylation is 1. The number of hydrogen-bond acceptors (Lipinski definition) is 6. The number of benzene rings is 1. The number of rotatable bonds is 6. The predicted molar refractivity (Wildman–Crippen MR) is 119 cm³/mol. The standard InChI is InChI=1S/C20H19N3O4S2/c1-5-8-21-19(24)18(29-20(21)28)10-14-9-12(2)22(13(14)3)16-7-6-15(23(25)26)11-17(16)27-4/h5-7,9-11H,1,8H2,2-4H3/b18-10-. The number of nitro benzene ring substituents is 1. The maximum atomic E-state index is 12.6. The zero-order chi connectivity index (χ0) is 21.3. The Bertz CT molecular complexity index is 1070. The summed E-state index contributed by atoms with van der Waals surface area (Å²) in [5, 5.41) is 11.1. The smallest absolute Gasteiger partial charge is 0.273 e. The lowest BCUT2D eigenvalue weighted by Gasteiger charge is -2.14. The first kappa shape index (κ1) is 20.8. The molecule has 1 amide bonds. The van der Waals surface area contributed by atoms with Crippen LogP contribution in [-0.2, 0) is 4.79 Å². The van der Waals surface area contributed by atoms with E-state index in [-0.39, 0.29) is 11.6 Å². The molecular formula is C20H19N3O4S2. The molecule has 1 aromatic carbocycles. The lowest BCUT2D eigenvalue weighted by molar-refractivity contribution is -0.384. The first-order valence-corrected chi connectivity index (χ1v) is 9.89. The number of thiocarbonyl (C=S) groups is 1. The van der Waals surface area contributed by atoms with E-state index in [9.17, 15) is 14.9 Å². The third-order valence-electron chi connectivity index (χ3n) is 4.56. The van der Waals surface area contributed by atoms with Gasteiger partial charge in [-0.05, 0) is 37.6 Å². The van der Waals surface area contributed by atoms with Crippen molar-refractivity contribution >= 4 is 46.0 Å². The van der Waals surface area contributed by atoms with Crippen LogP contribution in [0.3, 0.4) is 0 Å². The normalized spacial score (nSPS) is 15.3. The number of hydrogen-bond donors (Lipinski definition) is 0. The van der Waals surface area contributed by atoms with Crippen LogP contribution in [0.1, 0.15) is 17.0 Å². The van der Waals surface area contributed by atoms with Crippen molar-refractivity contribution < 1.29 is 14.5 Å². The van der Waals surface area contributed by atoms with Gasteiger partial charge in [-0.1, -0.05) is 30.1 Å². The van der Waals surface area contributed by atoms with Crippen LogP contribution in [0.5, 0.6) is 5.75 Å². The molecule has 0 atom stereocenters. The van der Waals surface area contributed by atoms with Crippen molar-refractivity contribution in [2.75, 3.05) is 13.7 Å². The van der Waals surface area contributed by atoms with Crippen molar-refractivity contribution in [1.82, 2.24) is 9.47 Å². The first-order valence-electron chi connectivity index (χ1n) is 8.66. The molecule has 1 aromatic heterocycles. The van der Waals surface area contributed by atoms with Gasteiger partial charge in [-0.3, -0.25) is 19.8 Å². The monoisotopic (exact) mass is 429 g/mol. The van der Waals surface area contributed by atoms with Crippen molar-refractivity contribution in [3.8, 4) is 11.4 Å². The quantitative estimate of drug-likeness (QED) is 0.223. The average molecular weight is 430 g/mol. The average Bonchev–Trinajstić information content (AvgIpc) is 3.11. The van der Waals surface area contributed by atoms with Gasteiger partial charge in [-0.2, -0.15) is 0 Å². The minimum Gasteiger partial charge on any atom is -0.494 e. The topological polar surface area (TPSA) is 77.6 Å². The Morgan fingerprint density at radius 2 is 2.07 bits per heavy atom. The number of nitrogens with zero attached hydrogens (tertiary/aromatic N) is 3. The van der Waals surface area contributed by atoms with Crippen LogP contribution in [0.4, 0.5) is 5.69 Å². The Morgan fingerprint density at radius 3 is 2.69 bits per heavy atom. The molecule has 7 nitrogen and oxygen atoms in total. The van der Waals surface area contributed by atoms with E-state index in [1.165, 1.54) is 35.9 Å². The number of carbonyl (C=O) groups is 1. The minimum atomic E-state index is -0.460. The van der Waals surface area contributed by atoms with Gasteiger partial charge in [0, 0.05) is 24.0 Å². The first-order chi connectivity index (χ1) is 13.8. The molecular weight excluding hydrogens is 410 g/mol. The highest BCUT2D eigenvalue weighted by Gasteiger charge is 2.31. The molecule has 0 unspecified atom stereocenters. The molecule has 0 radical (unpaired) electrons. The van der Waals surface area contributed by atoms with E-state index in [0.29, 0.717) is 27.2 Å². The van der Waals surface area contributed by atoms with E-state index in [2.05, 4.69) is 6.58 Å². The van der Waals surface area contributed by atoms with Crippen molar-refractivity contribution in [1.29, 1.82) is 0 Å². The van der Waals surface area contributed by atoms with E-state index in [1.54, 1.807) is 12.1 Å². The SMILES string of the molecule is C=CCN1C(=O)/C(=C/c2cc(C)n(-c3ccc([N+](=O)[O-])cc3OC)c2C)SC1=S. The number of non-ortho nitro benzene ring substituents is 1. The number of carbonyl (C=O) groups excluding carboxylic acids is 1. The molecule has 3 rings (SSSR count). The molecule has 0 saturated carbocycles. The summed E-state index contributed by atoms with van der Waals surface area (Å²) < 4.78 is 7.83. The van der Waals surface area contributed by atoms with Crippen LogP contribution < -0.4 is 4.74 Å². The Labute approximate surface area is 177 Å². The fourth-order valence-electron chi connectivity index (χ4n) is 3.20. The maximum Gasteiger partial charge on any atom is 0.273 e. The number of methoxy groups -OCH3 is 1. The fraction of sp³-hybridized carbons (Fsp3) is 0.200. The molecule has 0 aliphatic carbocycles. The van der Waals surface area contributed by atoms with Crippen molar-refractivity contribution in [3.05, 3.63) is 68.9 Å². The molecule has 29 heavy (non-hydrogen) atoms. The molecule has 2 heterocycles. The molecule has 0 bridgehead atoms. The number of ether oxygens (including phenoxy) is 1. The molecule has 1 saturated heterocycles. The number of thioether (sulfide) groups is 1. The molecule has 1 aliphatic heterocycles. The molecule has 2 aromatic rings. The highest BCUT2D eigenvalue weighted by molar-refractivity contribution is 8.26. The summed E-state index contributed by atoms with van der Waals surface area (Å²) in [6.45, 7) is 7.88. The Morgan fingerprint density at radius 1 is 1.34 bits per heavy atom. The van der Waals surface area contributed by atoms with Gasteiger partial charge in [0.25, 0.3) is 11.6 Å². The Kier molecular flexibility index (Phi) is 5.90. The molecule has 0 N–H and O–H groups in total. The van der Waals surface area contributed by atoms with Crippen molar-refractivity contribution in [2.24, 2.45) is 0 Å². The zero-order valence-corrected chi connectivity index (χ0v) is 17.8. The fourth-order valence-corrected chi connectivity index (χ4v) is 4.46. The van der Waals surface area contributed by atoms with Gasteiger partial charge in [0.15, 0.2) is 0 Å². The minimum absolute atomic E-state index is 0.0424. The van der Waals surface area contributed by atoms with E-state index in [4.69, 9.17) is 17.0 Å². The summed E-state index contributed by atoms with van der Waals surface area (Å²) in [5.41, 5.74) is 3.29. The van der Waals surface area contributed by atoms with Gasteiger partial charge >= 0.3 is 0 Å². The summed E-state index contributed by atoms with van der Waals surface area (Å²) >= 11 is 6.55. The van der Waals surface area contributed by atoms with Gasteiger partial charge in [-0.25, -0.2) is 0 Å². The van der Waals surface area contributed by atoms with Crippen LogP contribution in [0.15, 0.2) is 41.8 Å². The van der Waals surface area contributed by atoms with Crippen LogP contribution in [0.2, 0.25) is 0 Å². The molecule has 9 heteroatoms. The summed E-state index contributed by atoms with van der Waals surface area (Å²) in [6, 6.07) is 6.45. The van der Waals surface area contributed by atoms with E-state index < -0.39 is 4.92 Å².